The number of hydrogen-bond acceptors (Lipinski definition) is 9. The second-order valence-corrected chi connectivity index (χ2v) is 10.9. The smallest absolute Gasteiger partial charge is 0.396 e. The van der Waals surface area contributed by atoms with E-state index in [4.69, 9.17) is 0 Å². The summed E-state index contributed by atoms with van der Waals surface area (Å²) in [5.74, 6) is -0.928. The first-order valence-corrected chi connectivity index (χ1v) is 14.0. The van der Waals surface area contributed by atoms with Gasteiger partial charge in [-0.2, -0.15) is 13.2 Å². The van der Waals surface area contributed by atoms with E-state index in [9.17, 15) is 23.1 Å². The third-order valence-electron chi connectivity index (χ3n) is 8.36. The van der Waals surface area contributed by atoms with Crippen LogP contribution in [0.5, 0.6) is 0 Å². The molecule has 13 heteroatoms. The Balaban J connectivity index is 1.24. The van der Waals surface area contributed by atoms with Gasteiger partial charge in [0, 0.05) is 56.8 Å². The van der Waals surface area contributed by atoms with Gasteiger partial charge in [0.15, 0.2) is 0 Å². The minimum absolute atomic E-state index is 0.0561. The molecule has 7 unspecified atom stereocenters. The van der Waals surface area contributed by atoms with Crippen molar-refractivity contribution in [2.45, 2.75) is 88.0 Å². The molecule has 1 aliphatic carbocycles. The number of nitrogens with zero attached hydrogens (tertiary/aromatic N) is 1. The zero-order valence-corrected chi connectivity index (χ0v) is 21.6. The van der Waals surface area contributed by atoms with Gasteiger partial charge >= 0.3 is 6.18 Å². The average molecular weight is 535 g/mol. The molecule has 1 saturated carbocycles. The summed E-state index contributed by atoms with van der Waals surface area (Å²) >= 11 is 0. The Kier molecular flexibility index (Phi) is 10.8. The molecule has 4 fully saturated rings. The number of amides is 1. The second-order valence-electron chi connectivity index (χ2n) is 10.9. The van der Waals surface area contributed by atoms with Crippen molar-refractivity contribution in [3.05, 3.63) is 0 Å². The predicted molar refractivity (Wildman–Crippen MR) is 134 cm³/mol. The molecule has 37 heavy (non-hydrogen) atoms. The molecule has 0 aromatic rings. The Hall–Kier alpha value is -1.06. The number of hydrogen-bond donors (Lipinski definition) is 8. The molecular formula is C24H45F3N8O2. The van der Waals surface area contributed by atoms with E-state index in [-0.39, 0.29) is 43.4 Å². The number of carbonyl (C=O) groups is 1. The van der Waals surface area contributed by atoms with Gasteiger partial charge in [-0.25, -0.2) is 10.9 Å². The fourth-order valence-corrected chi connectivity index (χ4v) is 6.34. The van der Waals surface area contributed by atoms with Crippen molar-refractivity contribution >= 4 is 5.91 Å². The highest BCUT2D eigenvalue weighted by molar-refractivity contribution is 5.78. The molecule has 3 aliphatic heterocycles. The first-order valence-electron chi connectivity index (χ1n) is 14.0. The molecule has 3 saturated heterocycles. The lowest BCUT2D eigenvalue weighted by atomic mass is 9.84. The summed E-state index contributed by atoms with van der Waals surface area (Å²) in [5.41, 5.74) is 6.83. The summed E-state index contributed by atoms with van der Waals surface area (Å²) in [6, 6.07) is -1.06. The van der Waals surface area contributed by atoms with Crippen LogP contribution in [0.25, 0.3) is 0 Å². The van der Waals surface area contributed by atoms with E-state index in [1.54, 1.807) is 0 Å². The number of rotatable bonds is 10. The van der Waals surface area contributed by atoms with Gasteiger partial charge in [0.2, 0.25) is 5.91 Å². The van der Waals surface area contributed by atoms with Crippen LogP contribution >= 0.6 is 0 Å². The third-order valence-corrected chi connectivity index (χ3v) is 8.36. The van der Waals surface area contributed by atoms with Crippen molar-refractivity contribution < 1.29 is 23.1 Å². The molecule has 0 aromatic carbocycles. The SMILES string of the molecule is O=C(NCC1CCCNC1C(F)(F)F)C1CCCC(NCC2NNC(C3CCNCN3)N2CCCO)C1. The normalized spacial score (nSPS) is 35.9. The van der Waals surface area contributed by atoms with Gasteiger partial charge in [-0.1, -0.05) is 6.42 Å². The summed E-state index contributed by atoms with van der Waals surface area (Å²) in [5, 5.41) is 25.3. The summed E-state index contributed by atoms with van der Waals surface area (Å²) in [4.78, 5) is 15.2. The van der Waals surface area contributed by atoms with Gasteiger partial charge in [0.1, 0.15) is 6.04 Å². The fourth-order valence-electron chi connectivity index (χ4n) is 6.34. The number of hydrazine groups is 1. The fraction of sp³-hybridized carbons (Fsp3) is 0.958. The minimum atomic E-state index is -4.30. The van der Waals surface area contributed by atoms with Crippen LogP contribution in [0.3, 0.4) is 0 Å². The topological polar surface area (TPSA) is 125 Å². The second kappa shape index (κ2) is 13.8. The van der Waals surface area contributed by atoms with E-state index in [0.29, 0.717) is 44.8 Å². The van der Waals surface area contributed by atoms with Crippen LogP contribution in [0.15, 0.2) is 0 Å². The molecule has 4 aliphatic rings. The van der Waals surface area contributed by atoms with Gasteiger partial charge in [0.05, 0.1) is 12.3 Å². The number of aliphatic hydroxyl groups excluding tert-OH is 1. The lowest BCUT2D eigenvalue weighted by molar-refractivity contribution is -0.172. The Bertz CT molecular complexity index is 712. The molecule has 10 nitrogen and oxygen atoms in total. The maximum atomic E-state index is 13.3. The number of aliphatic hydroxyl groups is 1. The Morgan fingerprint density at radius 3 is 2.65 bits per heavy atom. The Morgan fingerprint density at radius 2 is 1.89 bits per heavy atom. The van der Waals surface area contributed by atoms with E-state index in [0.717, 1.165) is 45.4 Å². The molecule has 3 heterocycles. The van der Waals surface area contributed by atoms with Gasteiger partial charge in [-0.05, 0) is 58.0 Å². The highest BCUT2D eigenvalue weighted by Crippen LogP contribution is 2.31. The van der Waals surface area contributed by atoms with Crippen molar-refractivity contribution in [3.8, 4) is 0 Å². The largest absolute Gasteiger partial charge is 0.404 e. The van der Waals surface area contributed by atoms with Gasteiger partial charge in [-0.15, -0.1) is 0 Å². The number of piperidine rings is 1. The predicted octanol–water partition coefficient (Wildman–Crippen LogP) is -0.465. The van der Waals surface area contributed by atoms with Crippen LogP contribution in [-0.2, 0) is 4.79 Å². The molecule has 0 radical (unpaired) electrons. The minimum Gasteiger partial charge on any atom is -0.396 e. The molecule has 1 amide bonds. The molecule has 0 aromatic heterocycles. The van der Waals surface area contributed by atoms with E-state index in [1.165, 1.54) is 0 Å². The van der Waals surface area contributed by atoms with E-state index in [2.05, 4.69) is 42.3 Å². The molecule has 0 spiro atoms. The van der Waals surface area contributed by atoms with Gasteiger partial charge in [0.25, 0.3) is 0 Å². The Morgan fingerprint density at radius 1 is 1.03 bits per heavy atom. The van der Waals surface area contributed by atoms with Crippen LogP contribution in [0.1, 0.15) is 51.4 Å². The highest BCUT2D eigenvalue weighted by atomic mass is 19.4. The summed E-state index contributed by atoms with van der Waals surface area (Å²) < 4.78 is 40.0. The van der Waals surface area contributed by atoms with Crippen LogP contribution < -0.4 is 37.4 Å². The molecule has 8 N–H and O–H groups in total. The van der Waals surface area contributed by atoms with Gasteiger partial charge in [-0.3, -0.25) is 15.0 Å². The Labute approximate surface area is 217 Å². The van der Waals surface area contributed by atoms with Crippen molar-refractivity contribution in [1.82, 2.24) is 42.3 Å². The molecule has 7 atom stereocenters. The molecule has 0 bridgehead atoms. The van der Waals surface area contributed by atoms with Crippen molar-refractivity contribution in [2.24, 2.45) is 11.8 Å². The molecular weight excluding hydrogens is 489 g/mol. The van der Waals surface area contributed by atoms with Crippen molar-refractivity contribution in [3.63, 3.8) is 0 Å². The van der Waals surface area contributed by atoms with Gasteiger partial charge < -0.3 is 26.4 Å². The van der Waals surface area contributed by atoms with Crippen LogP contribution in [0.2, 0.25) is 0 Å². The summed E-state index contributed by atoms with van der Waals surface area (Å²) in [6.07, 6.45) is 2.09. The molecule has 214 valence electrons. The summed E-state index contributed by atoms with van der Waals surface area (Å²) in [6.45, 7) is 3.77. The van der Waals surface area contributed by atoms with Crippen molar-refractivity contribution in [2.75, 3.05) is 46.0 Å². The first kappa shape index (κ1) is 28.9. The van der Waals surface area contributed by atoms with E-state index < -0.39 is 18.1 Å². The van der Waals surface area contributed by atoms with Crippen LogP contribution in [-0.4, -0.2) is 98.5 Å². The number of carbonyl (C=O) groups excluding carboxylic acids is 1. The lowest BCUT2D eigenvalue weighted by Crippen LogP contribution is -2.59. The monoisotopic (exact) mass is 534 g/mol. The number of alkyl halides is 3. The summed E-state index contributed by atoms with van der Waals surface area (Å²) in [7, 11) is 0. The lowest BCUT2D eigenvalue weighted by Gasteiger charge is -2.36. The van der Waals surface area contributed by atoms with E-state index >= 15 is 0 Å². The zero-order chi connectivity index (χ0) is 26.3. The molecule has 4 rings (SSSR count). The standard InChI is InChI=1S/C24H45F3N8O2/c25-24(26,27)21-17(5-2-8-29-21)13-31-23(37)16-4-1-6-18(12-16)30-14-20-33-34-22(35(20)10-3-11-36)19-7-9-28-15-32-19/h16-22,28-30,32-34,36H,1-15H2,(H,31,37). The highest BCUT2D eigenvalue weighted by Gasteiger charge is 2.45. The van der Waals surface area contributed by atoms with E-state index in [1.807, 2.05) is 0 Å². The third kappa shape index (κ3) is 7.98. The quantitative estimate of drug-likeness (QED) is 0.188. The van der Waals surface area contributed by atoms with Crippen LogP contribution in [0, 0.1) is 11.8 Å². The number of halogens is 3. The zero-order valence-electron chi connectivity index (χ0n) is 21.6. The average Bonchev–Trinajstić information content (AvgIpc) is 3.32. The maximum Gasteiger partial charge on any atom is 0.404 e. The number of nitrogens with one attached hydrogen (secondary N) is 7. The van der Waals surface area contributed by atoms with Crippen molar-refractivity contribution in [1.29, 1.82) is 0 Å². The van der Waals surface area contributed by atoms with Crippen LogP contribution in [0.4, 0.5) is 13.2 Å². The maximum absolute atomic E-state index is 13.3. The first-order chi connectivity index (χ1) is 17.9.